The van der Waals surface area contributed by atoms with Crippen molar-refractivity contribution in [2.45, 2.75) is 47.5 Å². The smallest absolute Gasteiger partial charge is 0.248 e. The Bertz CT molecular complexity index is 2470. The molecule has 300 valence electrons. The first-order chi connectivity index (χ1) is 26.1. The van der Waals surface area contributed by atoms with Gasteiger partial charge in [0, 0.05) is 53.3 Å². The van der Waals surface area contributed by atoms with Crippen LogP contribution in [0.4, 0.5) is 11.4 Å². The Morgan fingerprint density at radius 3 is 1.25 bits per heavy atom. The molecule has 0 saturated heterocycles. The molecule has 0 atom stereocenters. The summed E-state index contributed by atoms with van der Waals surface area (Å²) in [7, 11) is -6.42. The molecule has 56 heavy (non-hydrogen) atoms. The molecule has 0 aliphatic carbocycles. The fraction of sp³-hybridized carbons (Fsp3) is 0.263. The van der Waals surface area contributed by atoms with Crippen LogP contribution in [0, 0.1) is 0 Å². The molecule has 0 spiro atoms. The van der Waals surface area contributed by atoms with E-state index in [1.807, 2.05) is 30.3 Å². The van der Waals surface area contributed by atoms with Crippen molar-refractivity contribution in [3.63, 3.8) is 0 Å². The predicted octanol–water partition coefficient (Wildman–Crippen LogP) is 8.31. The van der Waals surface area contributed by atoms with Gasteiger partial charge in [-0.3, -0.25) is 19.9 Å². The summed E-state index contributed by atoms with van der Waals surface area (Å²) in [6.07, 6.45) is 7.73. The summed E-state index contributed by atoms with van der Waals surface area (Å²) in [5, 5.41) is 0. The first-order valence-electron chi connectivity index (χ1n) is 17.0. The maximum atomic E-state index is 12.7. The van der Waals surface area contributed by atoms with Crippen molar-refractivity contribution >= 4 is 73.2 Å². The third-order valence-electron chi connectivity index (χ3n) is 7.16. The van der Waals surface area contributed by atoms with E-state index in [9.17, 15) is 25.3 Å². The number of ether oxygens (including phenoxy) is 2. The number of halogens is 1. The van der Waals surface area contributed by atoms with E-state index in [0.717, 1.165) is 28.0 Å². The van der Waals surface area contributed by atoms with Gasteiger partial charge >= 0.3 is 0 Å². The van der Waals surface area contributed by atoms with Crippen molar-refractivity contribution in [3.8, 4) is 23.0 Å². The van der Waals surface area contributed by atoms with Gasteiger partial charge in [0.2, 0.25) is 29.1 Å². The maximum Gasteiger partial charge on any atom is 0.248 e. The molecule has 4 aromatic carbocycles. The number of hydrogen-bond donors (Lipinski definition) is 1. The number of nitrogens with two attached hydrogens (primary N) is 1. The average molecular weight is 845 g/mol. The highest BCUT2D eigenvalue weighted by Crippen LogP contribution is 2.30. The Kier molecular flexibility index (Phi) is 16.8. The molecule has 0 aliphatic heterocycles. The number of nitrogens with zero attached hydrogens (tertiary/aromatic N) is 5. The number of nitrogen functional groups attached to an aromatic ring is 1. The summed E-state index contributed by atoms with van der Waals surface area (Å²) in [6, 6.07) is 24.1. The third-order valence-corrected chi connectivity index (χ3v) is 13.2. The predicted molar refractivity (Wildman–Crippen MR) is 224 cm³/mol. The molecule has 0 aliphatic rings. The zero-order valence-electron chi connectivity index (χ0n) is 30.3. The van der Waals surface area contributed by atoms with Crippen molar-refractivity contribution in [1.29, 1.82) is 0 Å². The zero-order chi connectivity index (χ0) is 40.1. The van der Waals surface area contributed by atoms with Crippen LogP contribution < -0.4 is 18.9 Å². The Balaban J connectivity index is 0.000000273. The minimum atomic E-state index is -4.01. The molecule has 0 fully saturated rings. The van der Waals surface area contributed by atoms with Gasteiger partial charge in [0.15, 0.2) is 0 Å². The maximum absolute atomic E-state index is 12.7. The van der Waals surface area contributed by atoms with Gasteiger partial charge in [-0.15, -0.1) is 0 Å². The van der Waals surface area contributed by atoms with Crippen LogP contribution in [-0.2, 0) is 29.1 Å². The summed E-state index contributed by atoms with van der Waals surface area (Å²) in [5.41, 5.74) is 9.47. The first kappa shape index (κ1) is 45.3. The van der Waals surface area contributed by atoms with Crippen LogP contribution in [0.2, 0.25) is 0 Å². The number of rotatable bonds is 13. The van der Waals surface area contributed by atoms with Crippen molar-refractivity contribution < 1.29 is 34.7 Å². The average Bonchev–Trinajstić information content (AvgIpc) is 3.13. The molecule has 6 aromatic rings. The topological polar surface area (TPSA) is 202 Å². The van der Waals surface area contributed by atoms with Crippen LogP contribution in [0.3, 0.4) is 0 Å². The van der Waals surface area contributed by atoms with E-state index in [-0.39, 0.29) is 30.4 Å². The monoisotopic (exact) mass is 844 g/mol. The summed E-state index contributed by atoms with van der Waals surface area (Å²) in [4.78, 5) is 16.9. The molecule has 2 heterocycles. The highest BCUT2D eigenvalue weighted by atomic mass is 35.7. The first-order valence-corrected chi connectivity index (χ1v) is 22.7. The van der Waals surface area contributed by atoms with Gasteiger partial charge in [0.05, 0.1) is 45.0 Å². The number of anilines is 2. The summed E-state index contributed by atoms with van der Waals surface area (Å²) in [6.45, 7) is 5.14. The fourth-order valence-electron chi connectivity index (χ4n) is 4.88. The lowest BCUT2D eigenvalue weighted by Gasteiger charge is -2.23. The number of fused-ring (bicyclic) bond motifs is 2. The summed E-state index contributed by atoms with van der Waals surface area (Å²) in [5.74, 6) is 2.00. The number of hydrogen-bond acceptors (Lipinski definition) is 13. The van der Waals surface area contributed by atoms with E-state index >= 15 is 0 Å². The Morgan fingerprint density at radius 2 is 0.893 bits per heavy atom. The molecule has 0 bridgehead atoms. The second-order valence-electron chi connectivity index (χ2n) is 11.8. The molecule has 2 N–H and O–H groups in total. The number of aromatic nitrogens is 4. The van der Waals surface area contributed by atoms with Gasteiger partial charge in [-0.2, -0.15) is 3.71 Å². The quantitative estimate of drug-likeness (QED) is 0.0860. The van der Waals surface area contributed by atoms with Crippen LogP contribution in [0.5, 0.6) is 23.0 Å². The van der Waals surface area contributed by atoms with Crippen molar-refractivity contribution in [3.05, 3.63) is 110 Å². The largest absolute Gasteiger partial charge is 0.457 e. The Labute approximate surface area is 333 Å². The van der Waals surface area contributed by atoms with Crippen LogP contribution in [0.15, 0.2) is 110 Å². The molecule has 6 rings (SSSR count). The zero-order valence-corrected chi connectivity index (χ0v) is 33.5. The van der Waals surface area contributed by atoms with Gasteiger partial charge in [0.25, 0.3) is 0 Å². The van der Waals surface area contributed by atoms with Crippen LogP contribution in [0.25, 0.3) is 22.1 Å². The second kappa shape index (κ2) is 20.7. The molecule has 0 amide bonds. The van der Waals surface area contributed by atoms with Crippen molar-refractivity contribution in [2.24, 2.45) is 0 Å². The van der Waals surface area contributed by atoms with Crippen LogP contribution in [0.1, 0.15) is 47.5 Å². The molecule has 0 radical (unpaired) electrons. The van der Waals surface area contributed by atoms with E-state index in [2.05, 4.69) is 19.9 Å². The standard InChI is InChI=1S/C20H23N3O5S2.C14H11N3O.C3H7ClO2S.CH4/c1-3-13-29(24,25)23(30(26,27)14-4-2)16-5-7-17(8-6-16)28-18-9-10-19-20(15-18)22-12-11-21-19;15-10-1-3-11(4-2-10)18-12-5-6-13-14(9-12)17-8-7-16-13;1-2-3-7(4,5)6;/h5-12,15H,3-4,13-14H2,1-2H3;1-9H,15H2;2-3H2,1H3;1H4. The molecule has 0 unspecified atom stereocenters. The van der Waals surface area contributed by atoms with Crippen LogP contribution in [-0.4, -0.2) is 62.4 Å². The second-order valence-corrected chi connectivity index (χ2v) is 18.8. The van der Waals surface area contributed by atoms with E-state index in [1.54, 1.807) is 75.9 Å². The van der Waals surface area contributed by atoms with E-state index in [4.69, 9.17) is 25.9 Å². The minimum absolute atomic E-state index is 0. The number of benzene rings is 4. The molecule has 0 saturated carbocycles. The summed E-state index contributed by atoms with van der Waals surface area (Å²) < 4.78 is 82.7. The van der Waals surface area contributed by atoms with E-state index < -0.39 is 29.1 Å². The lowest BCUT2D eigenvalue weighted by atomic mass is 10.2. The van der Waals surface area contributed by atoms with E-state index in [1.165, 1.54) is 24.3 Å². The molecular formula is C38H45ClN6O8S3. The highest BCUT2D eigenvalue weighted by Gasteiger charge is 2.33. The van der Waals surface area contributed by atoms with E-state index in [0.29, 0.717) is 45.7 Å². The highest BCUT2D eigenvalue weighted by molar-refractivity contribution is 8.13. The summed E-state index contributed by atoms with van der Waals surface area (Å²) >= 11 is 0. The normalized spacial score (nSPS) is 11.3. The van der Waals surface area contributed by atoms with Gasteiger partial charge in [-0.1, -0.05) is 28.2 Å². The SMILES string of the molecule is C.CCCS(=O)(=O)Cl.CCCS(=O)(=O)N(c1ccc(Oc2ccc3nccnc3c2)cc1)S(=O)(=O)CCC.Nc1ccc(Oc2ccc3nccnc3c2)cc1. The molecule has 2 aromatic heterocycles. The molecule has 18 heteroatoms. The Morgan fingerprint density at radius 1 is 0.536 bits per heavy atom. The molecule has 14 nitrogen and oxygen atoms in total. The minimum Gasteiger partial charge on any atom is -0.457 e. The van der Waals surface area contributed by atoms with Crippen molar-refractivity contribution in [2.75, 3.05) is 26.7 Å². The lowest BCUT2D eigenvalue weighted by Crippen LogP contribution is -2.39. The van der Waals surface area contributed by atoms with Gasteiger partial charge in [-0.25, -0.2) is 25.3 Å². The molecular weight excluding hydrogens is 800 g/mol. The van der Waals surface area contributed by atoms with Crippen LogP contribution >= 0.6 is 10.7 Å². The Hall–Kier alpha value is -5.10. The van der Waals surface area contributed by atoms with Crippen molar-refractivity contribution in [1.82, 2.24) is 19.9 Å². The fourth-order valence-corrected chi connectivity index (χ4v) is 9.91. The van der Waals surface area contributed by atoms with Gasteiger partial charge < -0.3 is 15.2 Å². The lowest BCUT2D eigenvalue weighted by molar-refractivity contribution is 0.483. The van der Waals surface area contributed by atoms with Gasteiger partial charge in [0.1, 0.15) is 23.0 Å². The number of sulfonamides is 2. The van der Waals surface area contributed by atoms with Gasteiger partial charge in [-0.05, 0) is 92.1 Å². The third kappa shape index (κ3) is 13.6.